The summed E-state index contributed by atoms with van der Waals surface area (Å²) < 4.78 is 19.9. The first-order valence-electron chi connectivity index (χ1n) is 8.18. The van der Waals surface area contributed by atoms with Gasteiger partial charge in [-0.15, -0.1) is 0 Å². The van der Waals surface area contributed by atoms with Crippen LogP contribution in [-0.4, -0.2) is 17.3 Å². The van der Waals surface area contributed by atoms with E-state index in [9.17, 15) is 9.18 Å². The molecule has 0 spiro atoms. The Balaban J connectivity index is 1.78. The van der Waals surface area contributed by atoms with Crippen molar-refractivity contribution in [2.75, 3.05) is 12.0 Å². The lowest BCUT2D eigenvalue weighted by Crippen LogP contribution is -2.28. The molecule has 6 heteroatoms. The van der Waals surface area contributed by atoms with Gasteiger partial charge < -0.3 is 4.74 Å². The third kappa shape index (κ3) is 3.11. The highest BCUT2D eigenvalue weighted by Gasteiger charge is 2.34. The van der Waals surface area contributed by atoms with Gasteiger partial charge in [0.15, 0.2) is 4.32 Å². The van der Waals surface area contributed by atoms with Gasteiger partial charge in [-0.05, 0) is 35.2 Å². The molecule has 134 valence electrons. The fraction of sp³-hybridized carbons (Fsp3) is 0.0476. The fourth-order valence-corrected chi connectivity index (χ4v) is 4.32. The third-order valence-corrected chi connectivity index (χ3v) is 5.61. The normalized spacial score (nSPS) is 15.8. The molecule has 3 aromatic carbocycles. The lowest BCUT2D eigenvalue weighted by molar-refractivity contribution is -0.113. The van der Waals surface area contributed by atoms with Crippen molar-refractivity contribution in [1.82, 2.24) is 0 Å². The molecule has 0 bridgehead atoms. The number of para-hydroxylation sites is 1. The van der Waals surface area contributed by atoms with E-state index in [4.69, 9.17) is 17.0 Å². The van der Waals surface area contributed by atoms with Crippen LogP contribution in [0.1, 0.15) is 5.56 Å². The Labute approximate surface area is 165 Å². The Hall–Kier alpha value is -2.70. The predicted molar refractivity (Wildman–Crippen MR) is 113 cm³/mol. The van der Waals surface area contributed by atoms with E-state index in [1.807, 2.05) is 36.4 Å². The maximum absolute atomic E-state index is 14.1. The molecule has 1 aliphatic rings. The summed E-state index contributed by atoms with van der Waals surface area (Å²) in [5.41, 5.74) is 1.04. The van der Waals surface area contributed by atoms with Crippen LogP contribution in [0.3, 0.4) is 0 Å². The van der Waals surface area contributed by atoms with E-state index in [1.165, 1.54) is 22.7 Å². The molecule has 0 saturated carbocycles. The van der Waals surface area contributed by atoms with Crippen molar-refractivity contribution in [3.05, 3.63) is 76.9 Å². The number of thiocarbonyl (C=S) groups is 1. The standard InChI is InChI=1S/C21H14FNO2S2/c1-25-18-11-10-13(14-6-2-3-7-15(14)18)12-19-20(24)23(21(26)27-19)17-9-5-4-8-16(17)22/h2-12H,1H3/b19-12-. The summed E-state index contributed by atoms with van der Waals surface area (Å²) in [6, 6.07) is 17.7. The summed E-state index contributed by atoms with van der Waals surface area (Å²) in [7, 11) is 1.63. The zero-order valence-corrected chi connectivity index (χ0v) is 15.9. The topological polar surface area (TPSA) is 29.5 Å². The minimum absolute atomic E-state index is 0.169. The number of carbonyl (C=O) groups excluding carboxylic acids is 1. The number of fused-ring (bicyclic) bond motifs is 1. The van der Waals surface area contributed by atoms with Gasteiger partial charge in [0.2, 0.25) is 0 Å². The van der Waals surface area contributed by atoms with Gasteiger partial charge in [0.25, 0.3) is 5.91 Å². The number of hydrogen-bond donors (Lipinski definition) is 0. The Kier molecular flexibility index (Phi) is 4.68. The number of nitrogens with zero attached hydrogens (tertiary/aromatic N) is 1. The molecule has 0 radical (unpaired) electrons. The molecular weight excluding hydrogens is 381 g/mol. The van der Waals surface area contributed by atoms with Gasteiger partial charge in [0.05, 0.1) is 17.7 Å². The Morgan fingerprint density at radius 3 is 2.48 bits per heavy atom. The lowest BCUT2D eigenvalue weighted by atomic mass is 10.0. The molecule has 0 aromatic heterocycles. The summed E-state index contributed by atoms with van der Waals surface area (Å²) in [5.74, 6) is -0.0402. The fourth-order valence-electron chi connectivity index (χ4n) is 3.05. The summed E-state index contributed by atoms with van der Waals surface area (Å²) in [5, 5.41) is 1.92. The second kappa shape index (κ2) is 7.13. The van der Waals surface area contributed by atoms with Crippen LogP contribution < -0.4 is 9.64 Å². The zero-order valence-electron chi connectivity index (χ0n) is 14.3. The molecule has 3 aromatic rings. The number of halogens is 1. The van der Waals surface area contributed by atoms with E-state index in [-0.39, 0.29) is 11.6 Å². The van der Waals surface area contributed by atoms with E-state index >= 15 is 0 Å². The molecule has 0 atom stereocenters. The van der Waals surface area contributed by atoms with Gasteiger partial charge >= 0.3 is 0 Å². The highest BCUT2D eigenvalue weighted by Crippen LogP contribution is 2.38. The van der Waals surface area contributed by atoms with Crippen LogP contribution in [0, 0.1) is 5.82 Å². The van der Waals surface area contributed by atoms with Crippen LogP contribution in [0.15, 0.2) is 65.6 Å². The molecule has 1 amide bonds. The van der Waals surface area contributed by atoms with Gasteiger partial charge in [0.1, 0.15) is 11.6 Å². The van der Waals surface area contributed by atoms with Crippen LogP contribution in [-0.2, 0) is 4.79 Å². The Bertz CT molecular complexity index is 1110. The molecule has 4 rings (SSSR count). The average Bonchev–Trinajstić information content (AvgIpc) is 2.96. The number of rotatable bonds is 3. The Morgan fingerprint density at radius 2 is 1.74 bits per heavy atom. The molecule has 3 nitrogen and oxygen atoms in total. The van der Waals surface area contributed by atoms with Crippen molar-refractivity contribution in [2.24, 2.45) is 0 Å². The van der Waals surface area contributed by atoms with Gasteiger partial charge in [0, 0.05) is 5.39 Å². The number of benzene rings is 3. The quantitative estimate of drug-likeness (QED) is 0.439. The minimum Gasteiger partial charge on any atom is -0.496 e. The first-order chi connectivity index (χ1) is 13.1. The van der Waals surface area contributed by atoms with E-state index in [0.29, 0.717) is 9.23 Å². The van der Waals surface area contributed by atoms with E-state index in [0.717, 1.165) is 22.1 Å². The number of anilines is 1. The van der Waals surface area contributed by atoms with Gasteiger partial charge in [-0.2, -0.15) is 0 Å². The second-order valence-corrected chi connectivity index (χ2v) is 7.55. The van der Waals surface area contributed by atoms with Crippen molar-refractivity contribution in [2.45, 2.75) is 0 Å². The summed E-state index contributed by atoms with van der Waals surface area (Å²) >= 11 is 6.50. The highest BCUT2D eigenvalue weighted by molar-refractivity contribution is 8.27. The first kappa shape index (κ1) is 17.7. The second-order valence-electron chi connectivity index (χ2n) is 5.87. The van der Waals surface area contributed by atoms with Crippen molar-refractivity contribution < 1.29 is 13.9 Å². The van der Waals surface area contributed by atoms with Crippen molar-refractivity contribution in [3.63, 3.8) is 0 Å². The van der Waals surface area contributed by atoms with Crippen molar-refractivity contribution in [1.29, 1.82) is 0 Å². The van der Waals surface area contributed by atoms with Crippen LogP contribution in [0.2, 0.25) is 0 Å². The van der Waals surface area contributed by atoms with Crippen LogP contribution in [0.25, 0.3) is 16.8 Å². The summed E-state index contributed by atoms with van der Waals surface area (Å²) in [6.45, 7) is 0. The largest absolute Gasteiger partial charge is 0.496 e. The van der Waals surface area contributed by atoms with Crippen LogP contribution >= 0.6 is 24.0 Å². The van der Waals surface area contributed by atoms with E-state index in [1.54, 1.807) is 31.4 Å². The maximum Gasteiger partial charge on any atom is 0.270 e. The number of methoxy groups -OCH3 is 1. The number of carbonyl (C=O) groups is 1. The monoisotopic (exact) mass is 395 g/mol. The Morgan fingerprint density at radius 1 is 1.04 bits per heavy atom. The molecule has 1 aliphatic heterocycles. The zero-order chi connectivity index (χ0) is 19.0. The van der Waals surface area contributed by atoms with Crippen LogP contribution in [0.4, 0.5) is 10.1 Å². The van der Waals surface area contributed by atoms with Gasteiger partial charge in [-0.25, -0.2) is 4.39 Å². The lowest BCUT2D eigenvalue weighted by Gasteiger charge is -2.14. The van der Waals surface area contributed by atoms with Crippen LogP contribution in [0.5, 0.6) is 5.75 Å². The van der Waals surface area contributed by atoms with Gasteiger partial charge in [-0.1, -0.05) is 66.4 Å². The number of ether oxygens (including phenoxy) is 1. The third-order valence-electron chi connectivity index (χ3n) is 4.31. The number of amides is 1. The maximum atomic E-state index is 14.1. The highest BCUT2D eigenvalue weighted by atomic mass is 32.2. The molecule has 1 saturated heterocycles. The molecular formula is C21H14FNO2S2. The molecule has 1 fully saturated rings. The van der Waals surface area contributed by atoms with Gasteiger partial charge in [-0.3, -0.25) is 9.69 Å². The molecule has 1 heterocycles. The average molecular weight is 395 g/mol. The molecule has 0 aliphatic carbocycles. The summed E-state index contributed by atoms with van der Waals surface area (Å²) in [6.07, 6.45) is 1.79. The van der Waals surface area contributed by atoms with E-state index < -0.39 is 5.82 Å². The predicted octanol–water partition coefficient (Wildman–Crippen LogP) is 5.39. The minimum atomic E-state index is -0.482. The SMILES string of the molecule is COc1ccc(/C=C2\SC(=S)N(c3ccccc3F)C2=O)c2ccccc12. The molecule has 0 unspecified atom stereocenters. The van der Waals surface area contributed by atoms with E-state index in [2.05, 4.69) is 0 Å². The molecule has 0 N–H and O–H groups in total. The first-order valence-corrected chi connectivity index (χ1v) is 9.41. The smallest absolute Gasteiger partial charge is 0.270 e. The molecule has 27 heavy (non-hydrogen) atoms. The summed E-state index contributed by atoms with van der Waals surface area (Å²) in [4.78, 5) is 14.6. The van der Waals surface area contributed by atoms with Crippen molar-refractivity contribution in [3.8, 4) is 5.75 Å². The van der Waals surface area contributed by atoms with Crippen molar-refractivity contribution >= 4 is 56.7 Å². The number of hydrogen-bond acceptors (Lipinski definition) is 4. The number of thioether (sulfide) groups is 1.